The molecule has 3 aromatic rings. The highest BCUT2D eigenvalue weighted by atomic mass is 16.6. The van der Waals surface area contributed by atoms with Gasteiger partial charge in [-0.3, -0.25) is 15.5 Å². The van der Waals surface area contributed by atoms with E-state index in [0.29, 0.717) is 23.8 Å². The summed E-state index contributed by atoms with van der Waals surface area (Å²) >= 11 is 0. The Hall–Kier alpha value is -3.87. The largest absolute Gasteiger partial charge is 0.493 e. The van der Waals surface area contributed by atoms with Gasteiger partial charge in [0.05, 0.1) is 23.9 Å². The van der Waals surface area contributed by atoms with Gasteiger partial charge in [0.2, 0.25) is 0 Å². The fourth-order valence-electron chi connectivity index (χ4n) is 2.69. The maximum atomic E-state index is 10.7. The lowest BCUT2D eigenvalue weighted by Gasteiger charge is -2.11. The number of rotatable bonds is 8. The first-order valence-corrected chi connectivity index (χ1v) is 8.95. The molecule has 148 valence electrons. The first-order chi connectivity index (χ1) is 14.0. The molecule has 0 aliphatic carbocycles. The van der Waals surface area contributed by atoms with Crippen molar-refractivity contribution in [2.45, 2.75) is 13.5 Å². The maximum absolute atomic E-state index is 10.7. The molecule has 0 aromatic heterocycles. The Kier molecular flexibility index (Phi) is 6.42. The standard InChI is InChI=1S/C22H21N3O4/c1-16-4-3-5-18(12-16)15-29-21-11-6-17(13-22(21)28-2)14-23-24-19-7-9-20(10-8-19)25(26)27/h3-14,24H,15H2,1-2H3/b23-14+. The first-order valence-electron chi connectivity index (χ1n) is 8.95. The van der Waals surface area contributed by atoms with Gasteiger partial charge < -0.3 is 9.47 Å². The second-order valence-corrected chi connectivity index (χ2v) is 6.36. The maximum Gasteiger partial charge on any atom is 0.269 e. The zero-order chi connectivity index (χ0) is 20.6. The van der Waals surface area contributed by atoms with Crippen LogP contribution in [0.3, 0.4) is 0 Å². The van der Waals surface area contributed by atoms with Crippen molar-refractivity contribution in [2.24, 2.45) is 5.10 Å². The van der Waals surface area contributed by atoms with Gasteiger partial charge >= 0.3 is 0 Å². The molecule has 1 N–H and O–H groups in total. The average Bonchev–Trinajstić information content (AvgIpc) is 2.73. The van der Waals surface area contributed by atoms with Crippen molar-refractivity contribution in [3.8, 4) is 11.5 Å². The van der Waals surface area contributed by atoms with Gasteiger partial charge in [0.15, 0.2) is 11.5 Å². The molecule has 7 heteroatoms. The van der Waals surface area contributed by atoms with E-state index in [-0.39, 0.29) is 5.69 Å². The zero-order valence-electron chi connectivity index (χ0n) is 16.2. The van der Waals surface area contributed by atoms with E-state index < -0.39 is 4.92 Å². The summed E-state index contributed by atoms with van der Waals surface area (Å²) in [4.78, 5) is 10.2. The minimum Gasteiger partial charge on any atom is -0.493 e. The van der Waals surface area contributed by atoms with E-state index in [4.69, 9.17) is 9.47 Å². The van der Waals surface area contributed by atoms with Crippen LogP contribution >= 0.6 is 0 Å². The number of nitrogens with one attached hydrogen (secondary N) is 1. The van der Waals surface area contributed by atoms with E-state index in [1.54, 1.807) is 25.5 Å². The molecule has 0 spiro atoms. The summed E-state index contributed by atoms with van der Waals surface area (Å²) in [6.07, 6.45) is 1.63. The summed E-state index contributed by atoms with van der Waals surface area (Å²) in [5.41, 5.74) is 6.61. The molecule has 0 aliphatic rings. The predicted octanol–water partition coefficient (Wildman–Crippen LogP) is 4.94. The number of hydrazone groups is 1. The Morgan fingerprint density at radius 3 is 2.55 bits per heavy atom. The number of non-ortho nitro benzene ring substituents is 1. The van der Waals surface area contributed by atoms with Crippen LogP contribution in [0.25, 0.3) is 0 Å². The van der Waals surface area contributed by atoms with Crippen molar-refractivity contribution < 1.29 is 14.4 Å². The van der Waals surface area contributed by atoms with Crippen molar-refractivity contribution in [1.82, 2.24) is 0 Å². The molecule has 0 heterocycles. The SMILES string of the molecule is COc1cc(/C=N/Nc2ccc([N+](=O)[O-])cc2)ccc1OCc1cccc(C)c1. The van der Waals surface area contributed by atoms with Crippen LogP contribution < -0.4 is 14.9 Å². The molecule has 0 radical (unpaired) electrons. The number of ether oxygens (including phenoxy) is 2. The fraction of sp³-hybridized carbons (Fsp3) is 0.136. The Morgan fingerprint density at radius 2 is 1.86 bits per heavy atom. The van der Waals surface area contributed by atoms with Gasteiger partial charge in [-0.05, 0) is 48.4 Å². The van der Waals surface area contributed by atoms with Gasteiger partial charge in [-0.15, -0.1) is 0 Å². The lowest BCUT2D eigenvalue weighted by molar-refractivity contribution is -0.384. The van der Waals surface area contributed by atoms with Crippen LogP contribution in [-0.2, 0) is 6.61 Å². The van der Waals surface area contributed by atoms with E-state index >= 15 is 0 Å². The van der Waals surface area contributed by atoms with Crippen molar-refractivity contribution >= 4 is 17.6 Å². The number of aryl methyl sites for hydroxylation is 1. The number of hydrogen-bond donors (Lipinski definition) is 1. The summed E-state index contributed by atoms with van der Waals surface area (Å²) < 4.78 is 11.3. The highest BCUT2D eigenvalue weighted by Crippen LogP contribution is 2.28. The summed E-state index contributed by atoms with van der Waals surface area (Å²) in [7, 11) is 1.59. The van der Waals surface area contributed by atoms with E-state index in [2.05, 4.69) is 16.6 Å². The number of anilines is 1. The third-order valence-electron chi connectivity index (χ3n) is 4.15. The molecule has 0 saturated heterocycles. The van der Waals surface area contributed by atoms with Crippen molar-refractivity contribution in [2.75, 3.05) is 12.5 Å². The number of hydrogen-bond acceptors (Lipinski definition) is 6. The van der Waals surface area contributed by atoms with Crippen LogP contribution in [0, 0.1) is 17.0 Å². The minimum absolute atomic E-state index is 0.0329. The number of methoxy groups -OCH3 is 1. The molecule has 0 unspecified atom stereocenters. The van der Waals surface area contributed by atoms with E-state index in [1.165, 1.54) is 17.7 Å². The predicted molar refractivity (Wildman–Crippen MR) is 113 cm³/mol. The highest BCUT2D eigenvalue weighted by molar-refractivity contribution is 5.81. The average molecular weight is 391 g/mol. The van der Waals surface area contributed by atoms with Gasteiger partial charge in [0.1, 0.15) is 6.61 Å². The van der Waals surface area contributed by atoms with Crippen LogP contribution in [0.2, 0.25) is 0 Å². The van der Waals surface area contributed by atoms with Crippen LogP contribution in [0.5, 0.6) is 11.5 Å². The lowest BCUT2D eigenvalue weighted by Crippen LogP contribution is -1.99. The third kappa shape index (κ3) is 5.55. The molecule has 0 amide bonds. The summed E-state index contributed by atoms with van der Waals surface area (Å²) in [6.45, 7) is 2.50. The van der Waals surface area contributed by atoms with Crippen molar-refractivity contribution in [1.29, 1.82) is 0 Å². The van der Waals surface area contributed by atoms with Crippen LogP contribution in [-0.4, -0.2) is 18.2 Å². The topological polar surface area (TPSA) is 86.0 Å². The number of benzene rings is 3. The van der Waals surface area contributed by atoms with Crippen LogP contribution in [0.15, 0.2) is 71.8 Å². The molecule has 0 saturated carbocycles. The molecule has 0 fully saturated rings. The molecular weight excluding hydrogens is 370 g/mol. The van der Waals surface area contributed by atoms with Crippen LogP contribution in [0.4, 0.5) is 11.4 Å². The molecule has 0 bridgehead atoms. The lowest BCUT2D eigenvalue weighted by atomic mass is 10.1. The normalized spacial score (nSPS) is 10.7. The van der Waals surface area contributed by atoms with Gasteiger partial charge in [-0.1, -0.05) is 29.8 Å². The summed E-state index contributed by atoms with van der Waals surface area (Å²) in [5, 5.41) is 14.8. The molecular formula is C22H21N3O4. The smallest absolute Gasteiger partial charge is 0.269 e. The highest BCUT2D eigenvalue weighted by Gasteiger charge is 2.06. The van der Waals surface area contributed by atoms with Gasteiger partial charge in [-0.2, -0.15) is 5.10 Å². The Labute approximate surface area is 168 Å². The number of nitro groups is 1. The van der Waals surface area contributed by atoms with E-state index in [1.807, 2.05) is 43.3 Å². The molecule has 3 aromatic carbocycles. The Bertz CT molecular complexity index is 1020. The number of nitro benzene ring substituents is 1. The molecule has 3 rings (SSSR count). The molecule has 0 atom stereocenters. The first kappa shape index (κ1) is 19.9. The van der Waals surface area contributed by atoms with E-state index in [9.17, 15) is 10.1 Å². The third-order valence-corrected chi connectivity index (χ3v) is 4.15. The molecule has 7 nitrogen and oxygen atoms in total. The zero-order valence-corrected chi connectivity index (χ0v) is 16.2. The van der Waals surface area contributed by atoms with Gasteiger partial charge in [0, 0.05) is 12.1 Å². The summed E-state index contributed by atoms with van der Waals surface area (Å²) in [6, 6.07) is 19.7. The second-order valence-electron chi connectivity index (χ2n) is 6.36. The summed E-state index contributed by atoms with van der Waals surface area (Å²) in [5.74, 6) is 1.26. The number of nitrogens with zero attached hydrogens (tertiary/aromatic N) is 2. The Morgan fingerprint density at radius 1 is 1.07 bits per heavy atom. The fourth-order valence-corrected chi connectivity index (χ4v) is 2.69. The molecule has 29 heavy (non-hydrogen) atoms. The minimum atomic E-state index is -0.443. The van der Waals surface area contributed by atoms with E-state index in [0.717, 1.165) is 11.1 Å². The van der Waals surface area contributed by atoms with Gasteiger partial charge in [-0.25, -0.2) is 0 Å². The Balaban J connectivity index is 1.63. The monoisotopic (exact) mass is 391 g/mol. The quantitative estimate of drug-likeness (QED) is 0.334. The second kappa shape index (κ2) is 9.36. The van der Waals surface area contributed by atoms with Crippen LogP contribution in [0.1, 0.15) is 16.7 Å². The van der Waals surface area contributed by atoms with Crippen molar-refractivity contribution in [3.63, 3.8) is 0 Å². The van der Waals surface area contributed by atoms with Gasteiger partial charge in [0.25, 0.3) is 5.69 Å². The van der Waals surface area contributed by atoms with Crippen molar-refractivity contribution in [3.05, 3.63) is 93.5 Å². The molecule has 0 aliphatic heterocycles.